The van der Waals surface area contributed by atoms with E-state index in [9.17, 15) is 0 Å². The Hall–Kier alpha value is -1.41. The van der Waals surface area contributed by atoms with E-state index in [1.807, 2.05) is 23.9 Å². The average Bonchev–Trinajstić information content (AvgIpc) is 2.32. The zero-order valence-corrected chi connectivity index (χ0v) is 10.1. The van der Waals surface area contributed by atoms with Gasteiger partial charge in [-0.25, -0.2) is 0 Å². The summed E-state index contributed by atoms with van der Waals surface area (Å²) in [4.78, 5) is 1.32. The van der Waals surface area contributed by atoms with Gasteiger partial charge in [0.25, 0.3) is 0 Å². The van der Waals surface area contributed by atoms with Gasteiger partial charge in [-0.1, -0.05) is 31.2 Å². The maximum absolute atomic E-state index is 5.67. The van der Waals surface area contributed by atoms with E-state index in [1.54, 1.807) is 0 Å². The Morgan fingerprint density at radius 2 is 1.38 bits per heavy atom. The van der Waals surface area contributed by atoms with E-state index < -0.39 is 0 Å². The number of benzene rings is 2. The first kappa shape index (κ1) is 11.1. The molecule has 0 aromatic heterocycles. The topological polar surface area (TPSA) is 26.0 Å². The second-order valence-corrected chi connectivity index (χ2v) is 4.92. The molecule has 0 spiro atoms. The molecule has 2 aromatic rings. The second kappa shape index (κ2) is 5.08. The fourth-order valence-electron chi connectivity index (χ4n) is 1.59. The van der Waals surface area contributed by atoms with Crippen LogP contribution in [0.25, 0.3) is 11.1 Å². The van der Waals surface area contributed by atoms with E-state index >= 15 is 0 Å². The Balaban J connectivity index is 2.24. The van der Waals surface area contributed by atoms with E-state index in [1.165, 1.54) is 16.0 Å². The van der Waals surface area contributed by atoms with E-state index in [2.05, 4.69) is 43.3 Å². The summed E-state index contributed by atoms with van der Waals surface area (Å²) in [6.07, 6.45) is 0. The molecule has 1 nitrogen and oxygen atoms in total. The Kier molecular flexibility index (Phi) is 3.52. The second-order valence-electron chi connectivity index (χ2n) is 3.58. The van der Waals surface area contributed by atoms with Crippen LogP contribution in [0, 0.1) is 0 Å². The smallest absolute Gasteiger partial charge is 0.0314 e. The van der Waals surface area contributed by atoms with Crippen molar-refractivity contribution in [3.63, 3.8) is 0 Å². The first-order valence-corrected chi connectivity index (χ1v) is 6.37. The third kappa shape index (κ3) is 2.58. The molecule has 0 heterocycles. The van der Waals surface area contributed by atoms with Gasteiger partial charge >= 0.3 is 0 Å². The zero-order valence-electron chi connectivity index (χ0n) is 9.31. The van der Waals surface area contributed by atoms with Crippen LogP contribution in [-0.4, -0.2) is 5.75 Å². The highest BCUT2D eigenvalue weighted by Gasteiger charge is 1.97. The molecule has 2 N–H and O–H groups in total. The maximum atomic E-state index is 5.67. The van der Waals surface area contributed by atoms with Gasteiger partial charge in [0.1, 0.15) is 0 Å². The predicted octanol–water partition coefficient (Wildman–Crippen LogP) is 4.05. The number of hydrogen-bond donors (Lipinski definition) is 1. The summed E-state index contributed by atoms with van der Waals surface area (Å²) < 4.78 is 0. The Bertz CT molecular complexity index is 445. The van der Waals surface area contributed by atoms with Crippen LogP contribution in [-0.2, 0) is 0 Å². The Morgan fingerprint density at radius 3 is 1.88 bits per heavy atom. The summed E-state index contributed by atoms with van der Waals surface area (Å²) in [6, 6.07) is 16.6. The number of nitrogens with two attached hydrogens (primary N) is 1. The van der Waals surface area contributed by atoms with Gasteiger partial charge in [0.05, 0.1) is 0 Å². The van der Waals surface area contributed by atoms with Crippen molar-refractivity contribution in [1.82, 2.24) is 0 Å². The van der Waals surface area contributed by atoms with Crippen molar-refractivity contribution in [3.05, 3.63) is 48.5 Å². The molecule has 16 heavy (non-hydrogen) atoms. The summed E-state index contributed by atoms with van der Waals surface area (Å²) in [7, 11) is 0. The molecule has 0 aliphatic rings. The van der Waals surface area contributed by atoms with Crippen LogP contribution in [0.3, 0.4) is 0 Å². The fourth-order valence-corrected chi connectivity index (χ4v) is 2.25. The monoisotopic (exact) mass is 229 g/mol. The summed E-state index contributed by atoms with van der Waals surface area (Å²) in [5, 5.41) is 0. The van der Waals surface area contributed by atoms with Gasteiger partial charge in [-0.2, -0.15) is 0 Å². The minimum Gasteiger partial charge on any atom is -0.399 e. The highest BCUT2D eigenvalue weighted by atomic mass is 32.2. The molecule has 82 valence electrons. The first-order chi connectivity index (χ1) is 7.79. The maximum Gasteiger partial charge on any atom is 0.0314 e. The average molecular weight is 229 g/mol. The van der Waals surface area contributed by atoms with Crippen molar-refractivity contribution in [2.24, 2.45) is 0 Å². The van der Waals surface area contributed by atoms with Gasteiger partial charge in [-0.15, -0.1) is 11.8 Å². The highest BCUT2D eigenvalue weighted by molar-refractivity contribution is 7.99. The SMILES string of the molecule is CCSc1ccc(-c2ccc(N)cc2)cc1. The number of anilines is 1. The molecule has 0 saturated carbocycles. The van der Waals surface area contributed by atoms with Gasteiger partial charge in [-0.3, -0.25) is 0 Å². The molecule has 0 unspecified atom stereocenters. The van der Waals surface area contributed by atoms with Crippen LogP contribution in [0.2, 0.25) is 0 Å². The number of rotatable bonds is 3. The molecule has 0 saturated heterocycles. The summed E-state index contributed by atoms with van der Waals surface area (Å²) in [6.45, 7) is 2.17. The van der Waals surface area contributed by atoms with E-state index in [0.717, 1.165) is 11.4 Å². The number of nitrogen functional groups attached to an aromatic ring is 1. The van der Waals surface area contributed by atoms with Crippen molar-refractivity contribution in [3.8, 4) is 11.1 Å². The van der Waals surface area contributed by atoms with Crippen LogP contribution >= 0.6 is 11.8 Å². The molecule has 0 bridgehead atoms. The van der Waals surface area contributed by atoms with Gasteiger partial charge in [-0.05, 0) is 41.1 Å². The summed E-state index contributed by atoms with van der Waals surface area (Å²) in [5.41, 5.74) is 8.92. The van der Waals surface area contributed by atoms with E-state index in [0.29, 0.717) is 0 Å². The van der Waals surface area contributed by atoms with Crippen LogP contribution in [0.15, 0.2) is 53.4 Å². The zero-order chi connectivity index (χ0) is 11.4. The van der Waals surface area contributed by atoms with Crippen molar-refractivity contribution < 1.29 is 0 Å². The minimum absolute atomic E-state index is 0.807. The van der Waals surface area contributed by atoms with Crippen LogP contribution in [0.4, 0.5) is 5.69 Å². The predicted molar refractivity (Wildman–Crippen MR) is 72.7 cm³/mol. The molecule has 2 aromatic carbocycles. The molecule has 2 rings (SSSR count). The Morgan fingerprint density at radius 1 is 0.875 bits per heavy atom. The van der Waals surface area contributed by atoms with E-state index in [-0.39, 0.29) is 0 Å². The molecule has 2 heteroatoms. The van der Waals surface area contributed by atoms with Gasteiger partial charge in [0.2, 0.25) is 0 Å². The van der Waals surface area contributed by atoms with Crippen LogP contribution in [0.5, 0.6) is 0 Å². The van der Waals surface area contributed by atoms with Crippen LogP contribution in [0.1, 0.15) is 6.92 Å². The summed E-state index contributed by atoms with van der Waals surface area (Å²) in [5.74, 6) is 1.11. The molecule has 0 radical (unpaired) electrons. The third-order valence-corrected chi connectivity index (χ3v) is 3.30. The lowest BCUT2D eigenvalue weighted by atomic mass is 10.1. The molecule has 0 aliphatic heterocycles. The molecule has 0 fully saturated rings. The quantitative estimate of drug-likeness (QED) is 0.634. The lowest BCUT2D eigenvalue weighted by Crippen LogP contribution is -1.84. The normalized spacial score (nSPS) is 10.3. The van der Waals surface area contributed by atoms with Crippen molar-refractivity contribution in [2.45, 2.75) is 11.8 Å². The molecule has 0 amide bonds. The van der Waals surface area contributed by atoms with Crippen LogP contribution < -0.4 is 5.73 Å². The Labute approximate surface area is 101 Å². The van der Waals surface area contributed by atoms with E-state index in [4.69, 9.17) is 5.73 Å². The molecule has 0 aliphatic carbocycles. The van der Waals surface area contributed by atoms with Gasteiger partial charge < -0.3 is 5.73 Å². The standard InChI is InChI=1S/C14H15NS/c1-2-16-14-9-5-12(6-10-14)11-3-7-13(15)8-4-11/h3-10H,2,15H2,1H3. The highest BCUT2D eigenvalue weighted by Crippen LogP contribution is 2.24. The molecule has 0 atom stereocenters. The largest absolute Gasteiger partial charge is 0.399 e. The summed E-state index contributed by atoms with van der Waals surface area (Å²) >= 11 is 1.86. The first-order valence-electron chi connectivity index (χ1n) is 5.38. The minimum atomic E-state index is 0.807. The van der Waals surface area contributed by atoms with Gasteiger partial charge in [0, 0.05) is 10.6 Å². The van der Waals surface area contributed by atoms with Crippen molar-refractivity contribution >= 4 is 17.4 Å². The lowest BCUT2D eigenvalue weighted by molar-refractivity contribution is 1.43. The van der Waals surface area contributed by atoms with Crippen molar-refractivity contribution in [2.75, 3.05) is 11.5 Å². The molecular weight excluding hydrogens is 214 g/mol. The molecular formula is C14H15NS. The number of hydrogen-bond acceptors (Lipinski definition) is 2. The fraction of sp³-hybridized carbons (Fsp3) is 0.143. The lowest BCUT2D eigenvalue weighted by Gasteiger charge is -2.04. The number of thioether (sulfide) groups is 1. The third-order valence-electron chi connectivity index (χ3n) is 2.41. The van der Waals surface area contributed by atoms with Crippen molar-refractivity contribution in [1.29, 1.82) is 0 Å². The van der Waals surface area contributed by atoms with Gasteiger partial charge in [0.15, 0.2) is 0 Å².